The van der Waals surface area contributed by atoms with E-state index in [1.807, 2.05) is 31.2 Å². The molecule has 14 heavy (non-hydrogen) atoms. The number of nitrogens with zero attached hydrogens (tertiary/aromatic N) is 1. The van der Waals surface area contributed by atoms with Crippen LogP contribution in [0.25, 0.3) is 10.9 Å². The zero-order valence-electron chi connectivity index (χ0n) is 8.24. The number of rotatable bonds is 1. The minimum Gasteiger partial charge on any atom is -0.293 e. The molecule has 0 saturated heterocycles. The fourth-order valence-electron chi connectivity index (χ4n) is 1.49. The first-order valence-electron chi connectivity index (χ1n) is 4.56. The van der Waals surface area contributed by atoms with Gasteiger partial charge in [0.15, 0.2) is 5.78 Å². The van der Waals surface area contributed by atoms with E-state index in [0.29, 0.717) is 5.69 Å². The van der Waals surface area contributed by atoms with Crippen LogP contribution < -0.4 is 0 Å². The molecule has 2 nitrogen and oxygen atoms in total. The van der Waals surface area contributed by atoms with Crippen LogP contribution >= 0.6 is 0 Å². The number of pyridine rings is 1. The van der Waals surface area contributed by atoms with Crippen molar-refractivity contribution in [3.63, 3.8) is 0 Å². The van der Waals surface area contributed by atoms with Crippen LogP contribution in [0.15, 0.2) is 30.3 Å². The molecule has 0 aliphatic heterocycles. The van der Waals surface area contributed by atoms with E-state index in [1.165, 1.54) is 6.92 Å². The van der Waals surface area contributed by atoms with Crippen LogP contribution in [0, 0.1) is 6.92 Å². The monoisotopic (exact) mass is 185 g/mol. The second-order valence-corrected chi connectivity index (χ2v) is 3.40. The van der Waals surface area contributed by atoms with Gasteiger partial charge in [0.2, 0.25) is 0 Å². The highest BCUT2D eigenvalue weighted by molar-refractivity contribution is 5.95. The van der Waals surface area contributed by atoms with Gasteiger partial charge in [-0.25, -0.2) is 4.98 Å². The summed E-state index contributed by atoms with van der Waals surface area (Å²) in [5, 5.41) is 1.08. The molecule has 0 fully saturated rings. The molecule has 1 aromatic carbocycles. The van der Waals surface area contributed by atoms with Gasteiger partial charge in [-0.15, -0.1) is 0 Å². The van der Waals surface area contributed by atoms with Crippen molar-refractivity contribution in [2.24, 2.45) is 0 Å². The molecule has 2 aromatic rings. The number of fused-ring (bicyclic) bond motifs is 1. The number of para-hydroxylation sites is 1. The van der Waals surface area contributed by atoms with Crippen molar-refractivity contribution in [1.29, 1.82) is 0 Å². The molecule has 0 saturated carbocycles. The highest BCUT2D eigenvalue weighted by Crippen LogP contribution is 2.16. The summed E-state index contributed by atoms with van der Waals surface area (Å²) in [6.45, 7) is 3.53. The minimum absolute atomic E-state index is 0.00940. The molecule has 0 spiro atoms. The zero-order chi connectivity index (χ0) is 10.1. The largest absolute Gasteiger partial charge is 0.293 e. The second-order valence-electron chi connectivity index (χ2n) is 3.40. The molecule has 0 aliphatic rings. The predicted molar refractivity (Wildman–Crippen MR) is 56.5 cm³/mol. The van der Waals surface area contributed by atoms with Crippen LogP contribution in [0.3, 0.4) is 0 Å². The maximum atomic E-state index is 11.1. The summed E-state index contributed by atoms with van der Waals surface area (Å²) in [7, 11) is 0. The Balaban J connectivity index is 2.76. The van der Waals surface area contributed by atoms with Gasteiger partial charge in [0.1, 0.15) is 5.69 Å². The van der Waals surface area contributed by atoms with Gasteiger partial charge in [-0.05, 0) is 18.6 Å². The van der Waals surface area contributed by atoms with E-state index in [2.05, 4.69) is 4.98 Å². The number of hydrogen-bond donors (Lipinski definition) is 0. The summed E-state index contributed by atoms with van der Waals surface area (Å²) in [6, 6.07) is 9.70. The molecule has 70 valence electrons. The topological polar surface area (TPSA) is 30.0 Å². The maximum Gasteiger partial charge on any atom is 0.178 e. The van der Waals surface area contributed by atoms with Crippen molar-refractivity contribution in [1.82, 2.24) is 4.98 Å². The van der Waals surface area contributed by atoms with Crippen molar-refractivity contribution in [3.05, 3.63) is 41.6 Å². The summed E-state index contributed by atoms with van der Waals surface area (Å²) in [4.78, 5) is 15.5. The molecular formula is C12H11NO. The number of aryl methyl sites for hydroxylation is 1. The molecule has 0 N–H and O–H groups in total. The van der Waals surface area contributed by atoms with Gasteiger partial charge in [-0.2, -0.15) is 0 Å². The van der Waals surface area contributed by atoms with Gasteiger partial charge in [-0.3, -0.25) is 4.79 Å². The average Bonchev–Trinajstić information content (AvgIpc) is 2.18. The summed E-state index contributed by atoms with van der Waals surface area (Å²) < 4.78 is 0. The molecular weight excluding hydrogens is 174 g/mol. The summed E-state index contributed by atoms with van der Waals surface area (Å²) in [5.74, 6) is 0.00940. The van der Waals surface area contributed by atoms with Gasteiger partial charge in [0, 0.05) is 12.3 Å². The van der Waals surface area contributed by atoms with E-state index in [-0.39, 0.29) is 5.78 Å². The van der Waals surface area contributed by atoms with Crippen LogP contribution in [0.5, 0.6) is 0 Å². The maximum absolute atomic E-state index is 11.1. The average molecular weight is 185 g/mol. The van der Waals surface area contributed by atoms with E-state index >= 15 is 0 Å². The quantitative estimate of drug-likeness (QED) is 0.639. The number of carbonyl (C=O) groups excluding carboxylic acids is 1. The van der Waals surface area contributed by atoms with Gasteiger partial charge < -0.3 is 0 Å². The van der Waals surface area contributed by atoms with Gasteiger partial charge in [0.05, 0.1) is 5.52 Å². The van der Waals surface area contributed by atoms with E-state index in [4.69, 9.17) is 0 Å². The van der Waals surface area contributed by atoms with E-state index < -0.39 is 0 Å². The van der Waals surface area contributed by atoms with Crippen LogP contribution in [0.4, 0.5) is 0 Å². The minimum atomic E-state index is 0.00940. The third-order valence-electron chi connectivity index (χ3n) is 2.28. The lowest BCUT2D eigenvalue weighted by Gasteiger charge is -2.02. The molecule has 2 heteroatoms. The number of carbonyl (C=O) groups is 1. The summed E-state index contributed by atoms with van der Waals surface area (Å²) >= 11 is 0. The standard InChI is InChI=1S/C12H11NO/c1-8-4-3-5-10-6-7-11(9(2)14)13-12(8)10/h3-7H,1-2H3. The summed E-state index contributed by atoms with van der Waals surface area (Å²) in [5.41, 5.74) is 2.55. The molecule has 0 atom stereocenters. The molecule has 2 rings (SSSR count). The Morgan fingerprint density at radius 1 is 1.21 bits per heavy atom. The molecule has 1 aromatic heterocycles. The van der Waals surface area contributed by atoms with Crippen molar-refractivity contribution in [3.8, 4) is 0 Å². The van der Waals surface area contributed by atoms with Crippen molar-refractivity contribution in [2.75, 3.05) is 0 Å². The van der Waals surface area contributed by atoms with Crippen LogP contribution in [-0.2, 0) is 0 Å². The van der Waals surface area contributed by atoms with Gasteiger partial charge in [-0.1, -0.05) is 24.3 Å². The number of ketones is 1. The summed E-state index contributed by atoms with van der Waals surface area (Å²) in [6.07, 6.45) is 0. The zero-order valence-corrected chi connectivity index (χ0v) is 8.24. The predicted octanol–water partition coefficient (Wildman–Crippen LogP) is 2.75. The van der Waals surface area contributed by atoms with E-state index in [1.54, 1.807) is 6.07 Å². The first-order chi connectivity index (χ1) is 6.68. The molecule has 0 amide bonds. The smallest absolute Gasteiger partial charge is 0.178 e. The fourth-order valence-corrected chi connectivity index (χ4v) is 1.49. The number of hydrogen-bond acceptors (Lipinski definition) is 2. The van der Waals surface area contributed by atoms with E-state index in [0.717, 1.165) is 16.5 Å². The highest BCUT2D eigenvalue weighted by Gasteiger charge is 2.03. The highest BCUT2D eigenvalue weighted by atomic mass is 16.1. The molecule has 0 unspecified atom stereocenters. The van der Waals surface area contributed by atoms with E-state index in [9.17, 15) is 4.79 Å². The molecule has 1 heterocycles. The number of aromatic nitrogens is 1. The SMILES string of the molecule is CC(=O)c1ccc2cccc(C)c2n1. The lowest BCUT2D eigenvalue weighted by atomic mass is 10.1. The Kier molecular flexibility index (Phi) is 2.04. The fraction of sp³-hybridized carbons (Fsp3) is 0.167. The Hall–Kier alpha value is -1.70. The van der Waals surface area contributed by atoms with Crippen LogP contribution in [-0.4, -0.2) is 10.8 Å². The Labute approximate surface area is 82.6 Å². The second kappa shape index (κ2) is 3.22. The van der Waals surface area contributed by atoms with Crippen molar-refractivity contribution in [2.45, 2.75) is 13.8 Å². The first kappa shape index (κ1) is 8.88. The third-order valence-corrected chi connectivity index (χ3v) is 2.28. The van der Waals surface area contributed by atoms with Crippen LogP contribution in [0.1, 0.15) is 23.0 Å². The third kappa shape index (κ3) is 1.39. The van der Waals surface area contributed by atoms with Gasteiger partial charge >= 0.3 is 0 Å². The van der Waals surface area contributed by atoms with Crippen molar-refractivity contribution < 1.29 is 4.79 Å². The Morgan fingerprint density at radius 3 is 2.71 bits per heavy atom. The van der Waals surface area contributed by atoms with Gasteiger partial charge in [0.25, 0.3) is 0 Å². The Bertz CT molecular complexity index is 503. The molecule has 0 radical (unpaired) electrons. The van der Waals surface area contributed by atoms with Crippen LogP contribution in [0.2, 0.25) is 0 Å². The normalized spacial score (nSPS) is 10.4. The first-order valence-corrected chi connectivity index (χ1v) is 4.56. The lowest BCUT2D eigenvalue weighted by molar-refractivity contribution is 0.101. The molecule has 0 bridgehead atoms. The molecule has 0 aliphatic carbocycles. The Morgan fingerprint density at radius 2 is 2.00 bits per heavy atom. The van der Waals surface area contributed by atoms with Crippen molar-refractivity contribution >= 4 is 16.7 Å². The number of Topliss-reactive ketones (excluding diaryl/α,β-unsaturated/α-hetero) is 1. The lowest BCUT2D eigenvalue weighted by Crippen LogP contribution is -1.96. The number of benzene rings is 1.